The van der Waals surface area contributed by atoms with Gasteiger partial charge in [0.25, 0.3) is 0 Å². The van der Waals surface area contributed by atoms with Crippen LogP contribution in [-0.4, -0.2) is 55.6 Å². The highest BCUT2D eigenvalue weighted by Crippen LogP contribution is 2.34. The number of carbonyl (C=O) groups is 1. The third-order valence-corrected chi connectivity index (χ3v) is 6.08. The number of benzene rings is 1. The van der Waals surface area contributed by atoms with Crippen molar-refractivity contribution in [1.29, 1.82) is 0 Å². The molecule has 5 nitrogen and oxygen atoms in total. The fourth-order valence-electron chi connectivity index (χ4n) is 4.28. The fourth-order valence-corrected chi connectivity index (χ4v) is 4.28. The zero-order valence-corrected chi connectivity index (χ0v) is 18.4. The van der Waals surface area contributed by atoms with Crippen molar-refractivity contribution in [2.75, 3.05) is 39.9 Å². The quantitative estimate of drug-likeness (QED) is 0.676. The van der Waals surface area contributed by atoms with Crippen molar-refractivity contribution in [2.45, 2.75) is 40.2 Å². The van der Waals surface area contributed by atoms with Gasteiger partial charge in [0.05, 0.1) is 13.2 Å². The number of rotatable bonds is 8. The molecule has 1 aromatic carbocycles. The summed E-state index contributed by atoms with van der Waals surface area (Å²) < 4.78 is 11.1. The van der Waals surface area contributed by atoms with E-state index in [0.29, 0.717) is 25.0 Å². The Balaban J connectivity index is 1.77. The van der Waals surface area contributed by atoms with Gasteiger partial charge in [-0.2, -0.15) is 0 Å². The summed E-state index contributed by atoms with van der Waals surface area (Å²) in [5.41, 5.74) is 3.82. The molecule has 158 valence electrons. The summed E-state index contributed by atoms with van der Waals surface area (Å²) in [5, 5.41) is 0. The molecule has 0 saturated carbocycles. The molecule has 0 spiro atoms. The highest BCUT2D eigenvalue weighted by atomic mass is 16.5. The number of aryl methyl sites for hydroxylation is 3. The van der Waals surface area contributed by atoms with Crippen molar-refractivity contribution >= 4 is 5.91 Å². The topological polar surface area (TPSA) is 45.9 Å². The highest BCUT2D eigenvalue weighted by molar-refractivity contribution is 5.73. The van der Waals surface area contributed by atoms with E-state index in [4.69, 9.17) is 9.15 Å². The molecule has 5 heteroatoms. The molecule has 2 heterocycles. The van der Waals surface area contributed by atoms with Gasteiger partial charge in [-0.3, -0.25) is 9.69 Å². The van der Waals surface area contributed by atoms with Crippen molar-refractivity contribution in [1.82, 2.24) is 9.80 Å². The first-order valence-corrected chi connectivity index (χ1v) is 10.5. The second-order valence-corrected chi connectivity index (χ2v) is 8.38. The van der Waals surface area contributed by atoms with Gasteiger partial charge in [-0.1, -0.05) is 29.8 Å². The zero-order valence-electron chi connectivity index (χ0n) is 18.4. The van der Waals surface area contributed by atoms with Gasteiger partial charge < -0.3 is 14.1 Å². The standard InChI is InChI=1S/C24H34N2O3/c1-17-6-8-21(9-7-17)24-16-25(15-23-12-18(2)19(3)29-23)13-22(24)14-26(20(4)27)10-11-28-5/h6-9,12,22,24H,10-11,13-16H2,1-5H3. The molecule has 0 N–H and O–H groups in total. The van der Waals surface area contributed by atoms with Crippen LogP contribution in [0, 0.1) is 26.7 Å². The number of carbonyl (C=O) groups excluding carboxylic acids is 1. The van der Waals surface area contributed by atoms with Crippen LogP contribution >= 0.6 is 0 Å². The highest BCUT2D eigenvalue weighted by Gasteiger charge is 2.35. The van der Waals surface area contributed by atoms with Crippen LogP contribution in [0.25, 0.3) is 0 Å². The maximum absolute atomic E-state index is 12.2. The molecule has 0 bridgehead atoms. The van der Waals surface area contributed by atoms with Gasteiger partial charge in [0.15, 0.2) is 0 Å². The van der Waals surface area contributed by atoms with Crippen LogP contribution in [0.2, 0.25) is 0 Å². The summed E-state index contributed by atoms with van der Waals surface area (Å²) in [6.45, 7) is 12.6. The van der Waals surface area contributed by atoms with Crippen LogP contribution < -0.4 is 0 Å². The van der Waals surface area contributed by atoms with E-state index in [0.717, 1.165) is 37.7 Å². The monoisotopic (exact) mass is 398 g/mol. The minimum Gasteiger partial charge on any atom is -0.465 e. The molecule has 1 aliphatic heterocycles. The van der Waals surface area contributed by atoms with Crippen molar-refractivity contribution in [3.8, 4) is 0 Å². The maximum Gasteiger partial charge on any atom is 0.219 e. The molecule has 1 aromatic heterocycles. The molecule has 2 atom stereocenters. The van der Waals surface area contributed by atoms with E-state index in [1.54, 1.807) is 14.0 Å². The summed E-state index contributed by atoms with van der Waals surface area (Å²) >= 11 is 0. The lowest BCUT2D eigenvalue weighted by Crippen LogP contribution is -2.38. The summed E-state index contributed by atoms with van der Waals surface area (Å²) in [6.07, 6.45) is 0. The predicted octanol–water partition coefficient (Wildman–Crippen LogP) is 3.92. The second-order valence-electron chi connectivity index (χ2n) is 8.38. The molecule has 1 aliphatic rings. The zero-order chi connectivity index (χ0) is 21.0. The molecular formula is C24H34N2O3. The minimum atomic E-state index is 0.112. The average Bonchev–Trinajstić information content (AvgIpc) is 3.21. The Morgan fingerprint density at radius 2 is 1.93 bits per heavy atom. The predicted molar refractivity (Wildman–Crippen MR) is 115 cm³/mol. The Morgan fingerprint density at radius 1 is 1.21 bits per heavy atom. The minimum absolute atomic E-state index is 0.112. The molecule has 1 fully saturated rings. The second kappa shape index (κ2) is 9.59. The summed E-state index contributed by atoms with van der Waals surface area (Å²) in [6, 6.07) is 11.0. The van der Waals surface area contributed by atoms with E-state index in [9.17, 15) is 4.79 Å². The molecule has 3 rings (SSSR count). The van der Waals surface area contributed by atoms with Crippen molar-refractivity contribution in [3.63, 3.8) is 0 Å². The number of hydrogen-bond acceptors (Lipinski definition) is 4. The lowest BCUT2D eigenvalue weighted by Gasteiger charge is -2.27. The van der Waals surface area contributed by atoms with Gasteiger partial charge in [-0.05, 0) is 43.9 Å². The Kier molecular flexibility index (Phi) is 7.14. The molecule has 2 unspecified atom stereocenters. The van der Waals surface area contributed by atoms with Crippen LogP contribution in [0.15, 0.2) is 34.7 Å². The Bertz CT molecular complexity index is 793. The lowest BCUT2D eigenvalue weighted by atomic mass is 9.88. The van der Waals surface area contributed by atoms with Gasteiger partial charge in [-0.25, -0.2) is 0 Å². The van der Waals surface area contributed by atoms with E-state index in [-0.39, 0.29) is 5.91 Å². The van der Waals surface area contributed by atoms with E-state index in [1.165, 1.54) is 16.7 Å². The largest absolute Gasteiger partial charge is 0.465 e. The van der Waals surface area contributed by atoms with Crippen molar-refractivity contribution in [3.05, 3.63) is 58.5 Å². The van der Waals surface area contributed by atoms with E-state index in [2.05, 4.69) is 49.1 Å². The van der Waals surface area contributed by atoms with Gasteiger partial charge in [0.2, 0.25) is 5.91 Å². The molecular weight excluding hydrogens is 364 g/mol. The Morgan fingerprint density at radius 3 is 2.52 bits per heavy atom. The first-order valence-electron chi connectivity index (χ1n) is 10.5. The fraction of sp³-hybridized carbons (Fsp3) is 0.542. The molecule has 0 aliphatic carbocycles. The molecule has 1 saturated heterocycles. The van der Waals surface area contributed by atoms with Crippen LogP contribution in [0.4, 0.5) is 0 Å². The number of furan rings is 1. The normalized spacial score (nSPS) is 19.6. The molecule has 2 aromatic rings. The first-order chi connectivity index (χ1) is 13.9. The third kappa shape index (κ3) is 5.49. The first kappa shape index (κ1) is 21.6. The molecule has 0 radical (unpaired) electrons. The summed E-state index contributed by atoms with van der Waals surface area (Å²) in [7, 11) is 1.68. The van der Waals surface area contributed by atoms with Crippen molar-refractivity contribution in [2.24, 2.45) is 5.92 Å². The van der Waals surface area contributed by atoms with Crippen LogP contribution in [0.3, 0.4) is 0 Å². The van der Waals surface area contributed by atoms with Crippen LogP contribution in [0.1, 0.15) is 41.1 Å². The van der Waals surface area contributed by atoms with E-state index < -0.39 is 0 Å². The van der Waals surface area contributed by atoms with E-state index in [1.807, 2.05) is 11.8 Å². The number of methoxy groups -OCH3 is 1. The molecule has 1 amide bonds. The van der Waals surface area contributed by atoms with E-state index >= 15 is 0 Å². The Hall–Kier alpha value is -2.11. The van der Waals surface area contributed by atoms with Crippen LogP contribution in [-0.2, 0) is 16.1 Å². The Labute approximate surface area is 174 Å². The lowest BCUT2D eigenvalue weighted by molar-refractivity contribution is -0.130. The number of nitrogens with zero attached hydrogens (tertiary/aromatic N) is 2. The third-order valence-electron chi connectivity index (χ3n) is 6.08. The van der Waals surface area contributed by atoms with Gasteiger partial charge in [0, 0.05) is 46.1 Å². The average molecular weight is 399 g/mol. The number of amides is 1. The van der Waals surface area contributed by atoms with Gasteiger partial charge in [-0.15, -0.1) is 0 Å². The summed E-state index contributed by atoms with van der Waals surface area (Å²) in [5.74, 6) is 2.91. The number of likely N-dealkylation sites (tertiary alicyclic amines) is 1. The number of hydrogen-bond donors (Lipinski definition) is 0. The maximum atomic E-state index is 12.2. The van der Waals surface area contributed by atoms with Gasteiger partial charge >= 0.3 is 0 Å². The van der Waals surface area contributed by atoms with Crippen LogP contribution in [0.5, 0.6) is 0 Å². The summed E-state index contributed by atoms with van der Waals surface area (Å²) in [4.78, 5) is 16.6. The SMILES string of the molecule is COCCN(CC1CN(Cc2cc(C)c(C)o2)CC1c1ccc(C)cc1)C(C)=O. The molecule has 29 heavy (non-hydrogen) atoms. The van der Waals surface area contributed by atoms with Crippen molar-refractivity contribution < 1.29 is 13.9 Å². The number of ether oxygens (including phenoxy) is 1. The smallest absolute Gasteiger partial charge is 0.219 e. The van der Waals surface area contributed by atoms with Gasteiger partial charge in [0.1, 0.15) is 11.5 Å².